The number of hydrogen-bond acceptors (Lipinski definition) is 7. The summed E-state index contributed by atoms with van der Waals surface area (Å²) in [6, 6.07) is 11.0. The van der Waals surface area contributed by atoms with E-state index in [1.807, 2.05) is 45.9 Å². The maximum Gasteiger partial charge on any atom is 0.213 e. The van der Waals surface area contributed by atoms with Crippen molar-refractivity contribution < 1.29 is 14.2 Å². The summed E-state index contributed by atoms with van der Waals surface area (Å²) < 4.78 is 18.5. The van der Waals surface area contributed by atoms with Gasteiger partial charge >= 0.3 is 0 Å². The Hall–Kier alpha value is -2.84. The first kappa shape index (κ1) is 31.7. The molecule has 2 aliphatic heterocycles. The molecule has 0 amide bonds. The van der Waals surface area contributed by atoms with Gasteiger partial charge in [-0.2, -0.15) is 0 Å². The summed E-state index contributed by atoms with van der Waals surface area (Å²) in [5.41, 5.74) is 9.88. The molecule has 0 atom stereocenters. The van der Waals surface area contributed by atoms with Crippen molar-refractivity contribution in [3.8, 4) is 11.5 Å². The van der Waals surface area contributed by atoms with Crippen LogP contribution in [0.2, 0.25) is 10.0 Å². The van der Waals surface area contributed by atoms with Gasteiger partial charge < -0.3 is 24.8 Å². The molecule has 3 N–H and O–H groups in total. The van der Waals surface area contributed by atoms with Crippen molar-refractivity contribution >= 4 is 34.6 Å². The molecule has 0 saturated carbocycles. The number of nitrogen functional groups attached to an aromatic ring is 1. The Morgan fingerprint density at radius 3 is 2.38 bits per heavy atom. The molecule has 1 fully saturated rings. The molecule has 7 nitrogen and oxygen atoms in total. The van der Waals surface area contributed by atoms with Crippen LogP contribution in [0.15, 0.2) is 48.8 Å². The number of aromatic nitrogens is 1. The third-order valence-corrected chi connectivity index (χ3v) is 7.48. The monoisotopic (exact) mass is 586 g/mol. The Bertz CT molecular complexity index is 1270. The van der Waals surface area contributed by atoms with E-state index in [4.69, 9.17) is 48.6 Å². The maximum absolute atomic E-state index is 8.85. The number of anilines is 1. The van der Waals surface area contributed by atoms with Crippen LogP contribution in [0.3, 0.4) is 0 Å². The van der Waals surface area contributed by atoms with Crippen LogP contribution in [0.25, 0.3) is 0 Å². The van der Waals surface area contributed by atoms with Crippen LogP contribution in [0.5, 0.6) is 11.5 Å². The predicted molar refractivity (Wildman–Crippen MR) is 164 cm³/mol. The summed E-state index contributed by atoms with van der Waals surface area (Å²) in [6.45, 7) is 13.8. The first-order chi connectivity index (χ1) is 19.4. The fourth-order valence-electron chi connectivity index (χ4n) is 4.57. The Kier molecular flexibility index (Phi) is 11.6. The molecule has 0 radical (unpaired) electrons. The fourth-order valence-corrected chi connectivity index (χ4v) is 5.05. The van der Waals surface area contributed by atoms with Crippen molar-refractivity contribution in [1.82, 2.24) is 9.88 Å². The summed E-state index contributed by atoms with van der Waals surface area (Å²) in [5, 5.41) is 9.71. The molecule has 9 heteroatoms. The van der Waals surface area contributed by atoms with Crippen molar-refractivity contribution in [3.05, 3.63) is 81.1 Å². The molecule has 1 spiro atoms. The van der Waals surface area contributed by atoms with Crippen molar-refractivity contribution in [2.24, 2.45) is 0 Å². The van der Waals surface area contributed by atoms with Gasteiger partial charge in [-0.3, -0.25) is 10.4 Å². The number of likely N-dealkylation sites (tertiary alicyclic amines) is 1. The van der Waals surface area contributed by atoms with Gasteiger partial charge in [-0.15, -0.1) is 0 Å². The third kappa shape index (κ3) is 7.26. The van der Waals surface area contributed by atoms with Crippen molar-refractivity contribution in [3.63, 3.8) is 0 Å². The fraction of sp³-hybridized carbons (Fsp3) is 0.419. The number of nitrogens with zero attached hydrogens (tertiary/aromatic N) is 2. The highest BCUT2D eigenvalue weighted by atomic mass is 35.5. The molecular weight excluding hydrogens is 547 g/mol. The number of pyridine rings is 1. The first-order valence-corrected chi connectivity index (χ1v) is 14.7. The largest absolute Gasteiger partial charge is 0.489 e. The highest BCUT2D eigenvalue weighted by Crippen LogP contribution is 2.38. The van der Waals surface area contributed by atoms with Crippen molar-refractivity contribution in [2.45, 2.75) is 66.5 Å². The molecule has 2 aliphatic rings. The lowest BCUT2D eigenvalue weighted by atomic mass is 9.97. The van der Waals surface area contributed by atoms with E-state index >= 15 is 0 Å². The quantitative estimate of drug-likeness (QED) is 0.226. The summed E-state index contributed by atoms with van der Waals surface area (Å²) in [4.78, 5) is 6.36. The second-order valence-corrected chi connectivity index (χ2v) is 9.87. The van der Waals surface area contributed by atoms with Crippen LogP contribution in [0.4, 0.5) is 5.69 Å². The standard InChI is InChI=1S/C27H28Cl2N4O3.2C2H6/c1-2-33-9-7-27(8-10-33)35-15-18-11-17(3-6-25(18)36-27)26(31)20-12-19(4-5-24(20)30)34-16-21-22(28)13-32-14-23(21)29;2*1-2/h3-6,11-14,31H,2,7-10,15-16,30H2,1H3;2*1-2H3. The molecule has 216 valence electrons. The van der Waals surface area contributed by atoms with Gasteiger partial charge in [0.15, 0.2) is 0 Å². The number of rotatable bonds is 6. The van der Waals surface area contributed by atoms with Crippen molar-refractivity contribution in [1.29, 1.82) is 5.41 Å². The van der Waals surface area contributed by atoms with E-state index in [1.54, 1.807) is 18.2 Å². The van der Waals surface area contributed by atoms with E-state index in [9.17, 15) is 0 Å². The number of nitrogens with one attached hydrogen (secondary N) is 1. The number of halogens is 2. The second-order valence-electron chi connectivity index (χ2n) is 9.05. The molecule has 0 unspecified atom stereocenters. The van der Waals surface area contributed by atoms with Gasteiger partial charge in [-0.05, 0) is 42.9 Å². The molecule has 0 aliphatic carbocycles. The third-order valence-electron chi connectivity index (χ3n) is 6.83. The average molecular weight is 588 g/mol. The zero-order chi connectivity index (χ0) is 29.3. The minimum atomic E-state index is -0.551. The van der Waals surface area contributed by atoms with E-state index in [-0.39, 0.29) is 12.3 Å². The Morgan fingerprint density at radius 2 is 1.73 bits per heavy atom. The lowest BCUT2D eigenvalue weighted by molar-refractivity contribution is -0.227. The molecular formula is C31H40Cl2N4O3. The molecule has 1 saturated heterocycles. The number of piperidine rings is 1. The van der Waals surface area contributed by atoms with E-state index < -0.39 is 5.79 Å². The van der Waals surface area contributed by atoms with E-state index in [2.05, 4.69) is 16.8 Å². The van der Waals surface area contributed by atoms with Crippen LogP contribution in [0, 0.1) is 5.41 Å². The normalized spacial score (nSPS) is 15.5. The minimum Gasteiger partial charge on any atom is -0.489 e. The van der Waals surface area contributed by atoms with Crippen molar-refractivity contribution in [2.75, 3.05) is 25.4 Å². The van der Waals surface area contributed by atoms with Crippen LogP contribution < -0.4 is 15.2 Å². The van der Waals surface area contributed by atoms with Gasteiger partial charge in [0.2, 0.25) is 5.79 Å². The maximum atomic E-state index is 8.85. The summed E-state index contributed by atoms with van der Waals surface area (Å²) in [7, 11) is 0. The van der Waals surface area contributed by atoms with Gasteiger partial charge in [0.1, 0.15) is 18.1 Å². The number of hydrogen-bond donors (Lipinski definition) is 2. The van der Waals surface area contributed by atoms with E-state index in [0.29, 0.717) is 39.2 Å². The molecule has 5 rings (SSSR count). The van der Waals surface area contributed by atoms with E-state index in [1.165, 1.54) is 12.4 Å². The number of ether oxygens (including phenoxy) is 3. The van der Waals surface area contributed by atoms with Gasteiger partial charge in [0, 0.05) is 66.3 Å². The first-order valence-electron chi connectivity index (χ1n) is 14.0. The highest BCUT2D eigenvalue weighted by Gasteiger charge is 2.40. The summed E-state index contributed by atoms with van der Waals surface area (Å²) in [6.07, 6.45) is 4.74. The Balaban J connectivity index is 0.00000106. The molecule has 2 aromatic carbocycles. The van der Waals surface area contributed by atoms with Crippen LogP contribution >= 0.6 is 23.2 Å². The SMILES string of the molecule is CC.CC.CCN1CCC2(CC1)OCc1cc(C(=N)c3cc(OCc4c(Cl)cncc4Cl)ccc3N)ccc1O2. The Morgan fingerprint density at radius 1 is 1.05 bits per heavy atom. The smallest absolute Gasteiger partial charge is 0.213 e. The molecule has 3 heterocycles. The summed E-state index contributed by atoms with van der Waals surface area (Å²) >= 11 is 12.4. The van der Waals surface area contributed by atoms with Gasteiger partial charge in [-0.1, -0.05) is 57.8 Å². The predicted octanol–water partition coefficient (Wildman–Crippen LogP) is 7.74. The average Bonchev–Trinajstić information content (AvgIpc) is 2.99. The lowest BCUT2D eigenvalue weighted by Crippen LogP contribution is -2.51. The number of nitrogens with two attached hydrogens (primary N) is 1. The lowest BCUT2D eigenvalue weighted by Gasteiger charge is -2.43. The number of benzene rings is 2. The van der Waals surface area contributed by atoms with Crippen LogP contribution in [-0.2, 0) is 18.0 Å². The molecule has 1 aromatic heterocycles. The summed E-state index contributed by atoms with van der Waals surface area (Å²) in [5.74, 6) is 0.821. The second kappa shape index (κ2) is 14.7. The zero-order valence-electron chi connectivity index (χ0n) is 24.0. The van der Waals surface area contributed by atoms with Gasteiger partial charge in [-0.25, -0.2) is 0 Å². The number of fused-ring (bicyclic) bond motifs is 1. The van der Waals surface area contributed by atoms with Crippen LogP contribution in [0.1, 0.15) is 69.7 Å². The van der Waals surface area contributed by atoms with Crippen LogP contribution in [-0.4, -0.2) is 41.0 Å². The minimum absolute atomic E-state index is 0.169. The van der Waals surface area contributed by atoms with Gasteiger partial charge in [0.25, 0.3) is 0 Å². The molecule has 40 heavy (non-hydrogen) atoms. The topological polar surface area (TPSA) is 93.7 Å². The highest BCUT2D eigenvalue weighted by molar-refractivity contribution is 6.35. The molecule has 3 aromatic rings. The zero-order valence-corrected chi connectivity index (χ0v) is 25.5. The molecule has 0 bridgehead atoms. The van der Waals surface area contributed by atoms with E-state index in [0.717, 1.165) is 49.4 Å². The van der Waals surface area contributed by atoms with Gasteiger partial charge in [0.05, 0.1) is 22.4 Å². The Labute approximate surface area is 248 Å².